The number of rotatable bonds is 7. The van der Waals surface area contributed by atoms with Crippen LogP contribution in [0.2, 0.25) is 0 Å². The Bertz CT molecular complexity index is 1580. The zero-order valence-electron chi connectivity index (χ0n) is 20.6. The highest BCUT2D eigenvalue weighted by Gasteiger charge is 2.25. The maximum absolute atomic E-state index is 14.3. The van der Waals surface area contributed by atoms with E-state index in [0.717, 1.165) is 39.6 Å². The van der Waals surface area contributed by atoms with Crippen LogP contribution in [0.3, 0.4) is 0 Å². The first-order chi connectivity index (χ1) is 18.5. The molecular formula is C27H25FN6O3S. The lowest BCUT2D eigenvalue weighted by Gasteiger charge is -2.20. The number of hydrogen-bond donors (Lipinski definition) is 1. The smallest absolute Gasteiger partial charge is 0.153 e. The van der Waals surface area contributed by atoms with Crippen LogP contribution in [0, 0.1) is 12.7 Å². The second-order valence-corrected chi connectivity index (χ2v) is 10.3. The molecule has 0 atom stereocenters. The number of halogens is 1. The van der Waals surface area contributed by atoms with Gasteiger partial charge in [-0.15, -0.1) is 11.3 Å². The van der Waals surface area contributed by atoms with E-state index < -0.39 is 5.82 Å². The van der Waals surface area contributed by atoms with Crippen LogP contribution in [0.15, 0.2) is 55.0 Å². The van der Waals surface area contributed by atoms with Crippen LogP contribution in [-0.2, 0) is 11.3 Å². The lowest BCUT2D eigenvalue weighted by atomic mass is 9.96. The van der Waals surface area contributed by atoms with Gasteiger partial charge < -0.3 is 19.9 Å². The van der Waals surface area contributed by atoms with Gasteiger partial charge in [-0.25, -0.2) is 24.0 Å². The fraction of sp³-hybridized carbons (Fsp3) is 0.259. The third-order valence-electron chi connectivity index (χ3n) is 6.33. The summed E-state index contributed by atoms with van der Waals surface area (Å²) in [6.45, 7) is 3.63. The molecule has 0 bridgehead atoms. The van der Waals surface area contributed by atoms with Crippen LogP contribution in [0.5, 0.6) is 17.2 Å². The van der Waals surface area contributed by atoms with E-state index >= 15 is 0 Å². The molecule has 194 valence electrons. The van der Waals surface area contributed by atoms with E-state index in [1.54, 1.807) is 29.1 Å². The Morgan fingerprint density at radius 1 is 1.05 bits per heavy atom. The number of fused-ring (bicyclic) bond motifs is 1. The van der Waals surface area contributed by atoms with Crippen LogP contribution >= 0.6 is 11.3 Å². The Hall–Kier alpha value is -4.09. The maximum atomic E-state index is 14.3. The average molecular weight is 533 g/mol. The standard InChI is InChI=1S/C27H25FN6O3S/c1-16-30-13-23(38-16)14-36-21-10-18(28)11-22(12-21)37-20-4-2-19(3-5-20)34-26-25(31-15-32-27(26)29)24(33-34)17-6-8-35-9-7-17/h2-5,10-13,15,17H,6-9,14H2,1H3,(H2,29,31,32). The lowest BCUT2D eigenvalue weighted by molar-refractivity contribution is 0.0846. The Labute approximate surface area is 222 Å². The van der Waals surface area contributed by atoms with Crippen molar-refractivity contribution in [2.45, 2.75) is 32.3 Å². The highest BCUT2D eigenvalue weighted by atomic mass is 32.1. The molecule has 1 saturated heterocycles. The zero-order chi connectivity index (χ0) is 26.1. The summed E-state index contributed by atoms with van der Waals surface area (Å²) in [5.74, 6) is 1.40. The second-order valence-electron chi connectivity index (χ2n) is 8.99. The third-order valence-corrected chi connectivity index (χ3v) is 7.22. The maximum Gasteiger partial charge on any atom is 0.153 e. The molecule has 9 nitrogen and oxygen atoms in total. The van der Waals surface area contributed by atoms with E-state index in [0.29, 0.717) is 48.4 Å². The van der Waals surface area contributed by atoms with Crippen molar-refractivity contribution in [2.24, 2.45) is 0 Å². The highest BCUT2D eigenvalue weighted by molar-refractivity contribution is 7.11. The summed E-state index contributed by atoms with van der Waals surface area (Å²) in [6, 6.07) is 11.6. The topological polar surface area (TPSA) is 110 Å². The van der Waals surface area contributed by atoms with Gasteiger partial charge in [-0.05, 0) is 44.0 Å². The minimum absolute atomic E-state index is 0.244. The normalized spacial score (nSPS) is 14.2. The van der Waals surface area contributed by atoms with Gasteiger partial charge in [0.05, 0.1) is 21.3 Å². The molecule has 2 N–H and O–H groups in total. The summed E-state index contributed by atoms with van der Waals surface area (Å²) >= 11 is 1.54. The molecule has 0 spiro atoms. The molecule has 0 aliphatic carbocycles. The monoisotopic (exact) mass is 532 g/mol. The quantitative estimate of drug-likeness (QED) is 0.290. The van der Waals surface area contributed by atoms with Crippen molar-refractivity contribution in [3.8, 4) is 22.9 Å². The molecule has 0 unspecified atom stereocenters. The third kappa shape index (κ3) is 5.02. The summed E-state index contributed by atoms with van der Waals surface area (Å²) in [5, 5.41) is 5.85. The van der Waals surface area contributed by atoms with Crippen LogP contribution in [0.4, 0.5) is 10.2 Å². The Morgan fingerprint density at radius 3 is 2.61 bits per heavy atom. The number of nitrogens with zero attached hydrogens (tertiary/aromatic N) is 5. The molecule has 5 aromatic rings. The van der Waals surface area contributed by atoms with E-state index in [4.69, 9.17) is 25.0 Å². The first-order valence-electron chi connectivity index (χ1n) is 12.2. The molecule has 11 heteroatoms. The van der Waals surface area contributed by atoms with Gasteiger partial charge in [-0.2, -0.15) is 5.10 Å². The number of aryl methyl sites for hydroxylation is 1. The van der Waals surface area contributed by atoms with E-state index in [9.17, 15) is 4.39 Å². The predicted molar refractivity (Wildman–Crippen MR) is 142 cm³/mol. The van der Waals surface area contributed by atoms with E-state index in [2.05, 4.69) is 15.0 Å². The summed E-state index contributed by atoms with van der Waals surface area (Å²) in [6.07, 6.45) is 4.99. The number of benzene rings is 2. The van der Waals surface area contributed by atoms with E-state index in [1.807, 2.05) is 19.1 Å². The van der Waals surface area contributed by atoms with Crippen molar-refractivity contribution in [1.82, 2.24) is 24.7 Å². The highest BCUT2D eigenvalue weighted by Crippen LogP contribution is 2.34. The van der Waals surface area contributed by atoms with Crippen molar-refractivity contribution < 1.29 is 18.6 Å². The number of nitrogen functional groups attached to an aromatic ring is 1. The van der Waals surface area contributed by atoms with Crippen molar-refractivity contribution >= 4 is 28.2 Å². The predicted octanol–water partition coefficient (Wildman–Crippen LogP) is 5.57. The second kappa shape index (κ2) is 10.3. The van der Waals surface area contributed by atoms with Gasteiger partial charge in [0.1, 0.15) is 47.0 Å². The molecule has 3 aromatic heterocycles. The zero-order valence-corrected chi connectivity index (χ0v) is 21.4. The van der Waals surface area contributed by atoms with Crippen molar-refractivity contribution in [2.75, 3.05) is 18.9 Å². The van der Waals surface area contributed by atoms with E-state index in [1.165, 1.54) is 29.8 Å². The van der Waals surface area contributed by atoms with Gasteiger partial charge in [0.25, 0.3) is 0 Å². The Morgan fingerprint density at radius 2 is 1.84 bits per heavy atom. The minimum Gasteiger partial charge on any atom is -0.488 e. The summed E-state index contributed by atoms with van der Waals surface area (Å²) < 4.78 is 33.3. The molecular weight excluding hydrogens is 507 g/mol. The molecule has 1 fully saturated rings. The van der Waals surface area contributed by atoms with Crippen molar-refractivity contribution in [3.05, 3.63) is 76.4 Å². The van der Waals surface area contributed by atoms with Crippen LogP contribution < -0.4 is 15.2 Å². The lowest BCUT2D eigenvalue weighted by Crippen LogP contribution is -2.15. The van der Waals surface area contributed by atoms with Crippen LogP contribution in [0.25, 0.3) is 16.7 Å². The van der Waals surface area contributed by atoms with Gasteiger partial charge in [0.2, 0.25) is 0 Å². The average Bonchev–Trinajstić information content (AvgIpc) is 3.52. The number of thiazole rings is 1. The Balaban J connectivity index is 1.23. The summed E-state index contributed by atoms with van der Waals surface area (Å²) in [4.78, 5) is 13.9. The first kappa shape index (κ1) is 24.3. The fourth-order valence-corrected chi connectivity index (χ4v) is 5.23. The van der Waals surface area contributed by atoms with Crippen molar-refractivity contribution in [1.29, 1.82) is 0 Å². The largest absolute Gasteiger partial charge is 0.488 e. The van der Waals surface area contributed by atoms with E-state index in [-0.39, 0.29) is 5.92 Å². The van der Waals surface area contributed by atoms with Gasteiger partial charge >= 0.3 is 0 Å². The number of ether oxygens (including phenoxy) is 3. The molecule has 2 aromatic carbocycles. The Kier molecular flexibility index (Phi) is 6.61. The summed E-state index contributed by atoms with van der Waals surface area (Å²) in [5.41, 5.74) is 9.36. The van der Waals surface area contributed by atoms with Gasteiger partial charge in [0.15, 0.2) is 5.82 Å². The first-order valence-corrected chi connectivity index (χ1v) is 13.0. The molecule has 6 rings (SSSR count). The van der Waals surface area contributed by atoms with Crippen molar-refractivity contribution in [3.63, 3.8) is 0 Å². The minimum atomic E-state index is -0.450. The van der Waals surface area contributed by atoms with Gasteiger partial charge in [-0.1, -0.05) is 0 Å². The SMILES string of the molecule is Cc1ncc(COc2cc(F)cc(Oc3ccc(-n4nc(C5CCOCC5)c5ncnc(N)c54)cc3)c2)s1. The molecule has 0 amide bonds. The van der Waals surface area contributed by atoms with Crippen LogP contribution in [-0.4, -0.2) is 37.9 Å². The molecule has 0 saturated carbocycles. The number of anilines is 1. The molecule has 4 heterocycles. The van der Waals surface area contributed by atoms with Gasteiger partial charge in [0, 0.05) is 43.5 Å². The summed E-state index contributed by atoms with van der Waals surface area (Å²) in [7, 11) is 0. The van der Waals surface area contributed by atoms with Crippen LogP contribution in [0.1, 0.15) is 34.3 Å². The fourth-order valence-electron chi connectivity index (χ4n) is 4.52. The number of hydrogen-bond acceptors (Lipinski definition) is 9. The molecule has 0 radical (unpaired) electrons. The van der Waals surface area contributed by atoms with Gasteiger partial charge in [-0.3, -0.25) is 0 Å². The molecule has 38 heavy (non-hydrogen) atoms. The molecule has 1 aliphatic heterocycles. The number of aromatic nitrogens is 5. The number of nitrogens with two attached hydrogens (primary N) is 1. The molecule has 1 aliphatic rings.